The summed E-state index contributed by atoms with van der Waals surface area (Å²) in [6.07, 6.45) is 2.20. The Bertz CT molecular complexity index is 1890. The molecule has 4 aromatic rings. The molecular formula is C45H52. The van der Waals surface area contributed by atoms with Crippen molar-refractivity contribution < 1.29 is 0 Å². The highest BCUT2D eigenvalue weighted by molar-refractivity contribution is 6.10. The Labute approximate surface area is 272 Å². The van der Waals surface area contributed by atoms with E-state index in [4.69, 9.17) is 0 Å². The first-order valence-corrected chi connectivity index (χ1v) is 18.0. The second-order valence-electron chi connectivity index (χ2n) is 17.1. The number of rotatable bonds is 5. The normalized spacial score (nSPS) is 25.4. The van der Waals surface area contributed by atoms with Crippen LogP contribution in [0, 0.1) is 41.4 Å². The third kappa shape index (κ3) is 3.61. The van der Waals surface area contributed by atoms with Crippen LogP contribution in [0.4, 0.5) is 0 Å². The second kappa shape index (κ2) is 9.70. The monoisotopic (exact) mass is 592 g/mol. The lowest BCUT2D eigenvalue weighted by atomic mass is 9.37. The van der Waals surface area contributed by atoms with Crippen LogP contribution >= 0.6 is 0 Å². The summed E-state index contributed by atoms with van der Waals surface area (Å²) in [6.45, 7) is 24.8. The SMILES string of the molecule is CC(C)Cc1ccc2c3c(ccc2c1)-c1c(ccc2c1C(C)(C)C1=C2Cc2ccccc21)C31C(C(C)C)C(C(C)C)C1C(C)C. The first-order valence-electron chi connectivity index (χ1n) is 18.0. The van der Waals surface area contributed by atoms with Gasteiger partial charge in [-0.3, -0.25) is 0 Å². The maximum Gasteiger partial charge on any atom is 0.0288 e. The largest absolute Gasteiger partial charge is 0.0625 e. The Morgan fingerprint density at radius 1 is 0.689 bits per heavy atom. The van der Waals surface area contributed by atoms with Crippen LogP contribution in [0.25, 0.3) is 33.0 Å². The van der Waals surface area contributed by atoms with Crippen molar-refractivity contribution >= 4 is 21.9 Å². The van der Waals surface area contributed by atoms with Gasteiger partial charge in [-0.15, -0.1) is 0 Å². The first-order chi connectivity index (χ1) is 21.4. The molecule has 1 saturated carbocycles. The molecule has 1 fully saturated rings. The van der Waals surface area contributed by atoms with Crippen molar-refractivity contribution in [1.82, 2.24) is 0 Å². The third-order valence-electron chi connectivity index (χ3n) is 12.7. The van der Waals surface area contributed by atoms with Crippen LogP contribution in [0.15, 0.2) is 66.7 Å². The van der Waals surface area contributed by atoms with Gasteiger partial charge in [0.15, 0.2) is 0 Å². The summed E-state index contributed by atoms with van der Waals surface area (Å²) in [6, 6.07) is 26.9. The van der Waals surface area contributed by atoms with Crippen molar-refractivity contribution in [1.29, 1.82) is 0 Å². The summed E-state index contributed by atoms with van der Waals surface area (Å²) < 4.78 is 0. The van der Waals surface area contributed by atoms with Gasteiger partial charge in [-0.25, -0.2) is 0 Å². The Balaban J connectivity index is 1.46. The van der Waals surface area contributed by atoms with Crippen LogP contribution in [-0.2, 0) is 23.7 Å². The zero-order chi connectivity index (χ0) is 31.7. The van der Waals surface area contributed by atoms with Gasteiger partial charge in [-0.1, -0.05) is 136 Å². The van der Waals surface area contributed by atoms with Crippen molar-refractivity contribution in [3.8, 4) is 11.1 Å². The molecule has 4 aromatic carbocycles. The molecule has 0 aromatic heterocycles. The number of benzene rings is 4. The predicted molar refractivity (Wildman–Crippen MR) is 194 cm³/mol. The van der Waals surface area contributed by atoms with Gasteiger partial charge in [0.1, 0.15) is 0 Å². The lowest BCUT2D eigenvalue weighted by Crippen LogP contribution is -2.64. The van der Waals surface area contributed by atoms with E-state index in [9.17, 15) is 0 Å². The van der Waals surface area contributed by atoms with Crippen LogP contribution in [0.1, 0.15) is 108 Å². The summed E-state index contributed by atoms with van der Waals surface area (Å²) in [5, 5.41) is 2.94. The number of hydrogen-bond acceptors (Lipinski definition) is 0. The van der Waals surface area contributed by atoms with Gasteiger partial charge in [-0.2, -0.15) is 0 Å². The van der Waals surface area contributed by atoms with E-state index in [-0.39, 0.29) is 10.8 Å². The Kier molecular flexibility index (Phi) is 6.31. The predicted octanol–water partition coefficient (Wildman–Crippen LogP) is 11.9. The molecule has 0 heteroatoms. The van der Waals surface area contributed by atoms with Crippen LogP contribution in [0.3, 0.4) is 0 Å². The van der Waals surface area contributed by atoms with Gasteiger partial charge in [-0.05, 0) is 126 Å². The Morgan fingerprint density at radius 3 is 2.04 bits per heavy atom. The lowest BCUT2D eigenvalue weighted by molar-refractivity contribution is -0.105. The molecule has 0 nitrogen and oxygen atoms in total. The molecule has 0 heterocycles. The minimum atomic E-state index is -0.0383. The van der Waals surface area contributed by atoms with E-state index in [1.807, 2.05) is 0 Å². The molecule has 2 unspecified atom stereocenters. The topological polar surface area (TPSA) is 0 Å². The summed E-state index contributed by atoms with van der Waals surface area (Å²) in [5.41, 5.74) is 17.2. The average molecular weight is 593 g/mol. The molecule has 4 aliphatic carbocycles. The molecule has 0 aliphatic heterocycles. The van der Waals surface area contributed by atoms with E-state index in [1.54, 1.807) is 33.4 Å². The highest BCUT2D eigenvalue weighted by Crippen LogP contribution is 2.74. The minimum absolute atomic E-state index is 0.0383. The molecule has 1 spiro atoms. The molecule has 4 aliphatic rings. The first kappa shape index (κ1) is 29.3. The fraction of sp³-hybridized carbons (Fsp3) is 0.467. The van der Waals surface area contributed by atoms with Gasteiger partial charge >= 0.3 is 0 Å². The maximum atomic E-state index is 2.63. The summed E-state index contributed by atoms with van der Waals surface area (Å²) >= 11 is 0. The molecule has 8 rings (SSSR count). The summed E-state index contributed by atoms with van der Waals surface area (Å²) in [7, 11) is 0. The fourth-order valence-electron chi connectivity index (χ4n) is 11.7. The van der Waals surface area contributed by atoms with Crippen molar-refractivity contribution in [2.75, 3.05) is 0 Å². The van der Waals surface area contributed by atoms with Crippen LogP contribution in [-0.4, -0.2) is 0 Å². The fourth-order valence-corrected chi connectivity index (χ4v) is 11.7. The molecular weight excluding hydrogens is 540 g/mol. The Hall–Kier alpha value is -3.12. The van der Waals surface area contributed by atoms with Gasteiger partial charge in [0.2, 0.25) is 0 Å². The standard InChI is InChI=1S/C45H52/c1-24(2)21-28-15-17-32-30(22-28)16-18-34-38-36(45(42(32)34)39(26(5)6)37(25(3)4)40(45)27(7)8)20-19-33-35-23-29-13-11-12-14-31(29)41(35)44(9,10)43(33)38/h11-20,22,24-27,37,39-40H,21,23H2,1-10H3. The zero-order valence-corrected chi connectivity index (χ0v) is 29.3. The molecule has 0 amide bonds. The molecule has 0 N–H and O–H groups in total. The van der Waals surface area contributed by atoms with E-state index in [1.165, 1.54) is 38.6 Å². The smallest absolute Gasteiger partial charge is 0.0288 e. The van der Waals surface area contributed by atoms with Crippen LogP contribution in [0.2, 0.25) is 0 Å². The quantitative estimate of drug-likeness (QED) is 0.216. The van der Waals surface area contributed by atoms with E-state index in [0.717, 1.165) is 18.8 Å². The van der Waals surface area contributed by atoms with Crippen molar-refractivity contribution in [2.24, 2.45) is 41.4 Å². The maximum absolute atomic E-state index is 2.63. The highest BCUT2D eigenvalue weighted by Gasteiger charge is 2.68. The van der Waals surface area contributed by atoms with Gasteiger partial charge in [0.25, 0.3) is 0 Å². The highest BCUT2D eigenvalue weighted by atomic mass is 14.7. The average Bonchev–Trinajstić information content (AvgIpc) is 3.56. The number of hydrogen-bond donors (Lipinski definition) is 0. The van der Waals surface area contributed by atoms with Crippen LogP contribution < -0.4 is 0 Å². The van der Waals surface area contributed by atoms with Crippen molar-refractivity contribution in [3.63, 3.8) is 0 Å². The van der Waals surface area contributed by atoms with E-state index >= 15 is 0 Å². The third-order valence-corrected chi connectivity index (χ3v) is 12.7. The van der Waals surface area contributed by atoms with Crippen molar-refractivity contribution in [3.05, 3.63) is 106 Å². The molecule has 2 atom stereocenters. The van der Waals surface area contributed by atoms with Gasteiger partial charge in [0.05, 0.1) is 0 Å². The van der Waals surface area contributed by atoms with Crippen LogP contribution in [0.5, 0.6) is 0 Å². The second-order valence-corrected chi connectivity index (χ2v) is 17.1. The van der Waals surface area contributed by atoms with Gasteiger partial charge < -0.3 is 0 Å². The number of allylic oxidation sites excluding steroid dienone is 2. The van der Waals surface area contributed by atoms with E-state index in [2.05, 4.69) is 136 Å². The van der Waals surface area contributed by atoms with Gasteiger partial charge in [0, 0.05) is 10.8 Å². The zero-order valence-electron chi connectivity index (χ0n) is 29.3. The lowest BCUT2D eigenvalue weighted by Gasteiger charge is -2.66. The van der Waals surface area contributed by atoms with E-state index in [0.29, 0.717) is 35.5 Å². The molecule has 232 valence electrons. The molecule has 0 saturated heterocycles. The minimum Gasteiger partial charge on any atom is -0.0625 e. The molecule has 0 bridgehead atoms. The summed E-state index contributed by atoms with van der Waals surface area (Å²) in [5.74, 6) is 4.50. The summed E-state index contributed by atoms with van der Waals surface area (Å²) in [4.78, 5) is 0. The molecule has 45 heavy (non-hydrogen) atoms. The van der Waals surface area contributed by atoms with E-state index < -0.39 is 0 Å². The van der Waals surface area contributed by atoms with Crippen molar-refractivity contribution in [2.45, 2.75) is 92.9 Å². The Morgan fingerprint density at radius 2 is 1.38 bits per heavy atom. The molecule has 0 radical (unpaired) electrons. The number of fused-ring (bicyclic) bond motifs is 12.